The molecule has 0 spiro atoms. The predicted octanol–water partition coefficient (Wildman–Crippen LogP) is 3.33. The predicted molar refractivity (Wildman–Crippen MR) is 130 cm³/mol. The van der Waals surface area contributed by atoms with Crippen LogP contribution >= 0.6 is 0 Å². The van der Waals surface area contributed by atoms with Gasteiger partial charge < -0.3 is 11.1 Å². The van der Waals surface area contributed by atoms with Gasteiger partial charge in [0.05, 0.1) is 12.0 Å². The van der Waals surface area contributed by atoms with Gasteiger partial charge in [0, 0.05) is 30.1 Å². The molecule has 5 rings (SSSR count). The van der Waals surface area contributed by atoms with E-state index < -0.39 is 0 Å². The highest BCUT2D eigenvalue weighted by Crippen LogP contribution is 2.34. The van der Waals surface area contributed by atoms with E-state index in [-0.39, 0.29) is 23.3 Å². The van der Waals surface area contributed by atoms with Crippen molar-refractivity contribution in [3.05, 3.63) is 83.7 Å². The molecule has 2 aromatic heterocycles. The van der Waals surface area contributed by atoms with E-state index >= 15 is 0 Å². The summed E-state index contributed by atoms with van der Waals surface area (Å²) in [4.78, 5) is 17.5. The van der Waals surface area contributed by atoms with E-state index in [1.807, 2.05) is 44.2 Å². The van der Waals surface area contributed by atoms with Crippen LogP contribution in [-0.4, -0.2) is 32.3 Å². The summed E-state index contributed by atoms with van der Waals surface area (Å²) < 4.78 is 3.72. The number of para-hydroxylation sites is 2. The van der Waals surface area contributed by atoms with Gasteiger partial charge in [-0.05, 0) is 26.0 Å². The number of amides is 1. The third kappa shape index (κ3) is 3.52. The van der Waals surface area contributed by atoms with Crippen molar-refractivity contribution in [2.45, 2.75) is 26.3 Å². The minimum absolute atomic E-state index is 0.151. The molecule has 3 N–H and O–H groups in total. The number of rotatable bonds is 4. The van der Waals surface area contributed by atoms with Crippen molar-refractivity contribution in [3.8, 4) is 11.8 Å². The van der Waals surface area contributed by atoms with Crippen LogP contribution in [0.3, 0.4) is 0 Å². The summed E-state index contributed by atoms with van der Waals surface area (Å²) in [6.45, 7) is 3.82. The van der Waals surface area contributed by atoms with Gasteiger partial charge in [-0.2, -0.15) is 4.58 Å². The molecule has 0 radical (unpaired) electrons. The Balaban J connectivity index is 1.58. The van der Waals surface area contributed by atoms with Crippen molar-refractivity contribution in [2.75, 3.05) is 5.73 Å². The monoisotopic (exact) mass is 435 g/mol. The fourth-order valence-electron chi connectivity index (χ4n) is 4.34. The Labute approximate surface area is 191 Å². The maximum absolute atomic E-state index is 13.3. The van der Waals surface area contributed by atoms with Crippen molar-refractivity contribution in [3.63, 3.8) is 0 Å². The molecule has 1 amide bonds. The van der Waals surface area contributed by atoms with Crippen molar-refractivity contribution < 1.29 is 4.79 Å². The van der Waals surface area contributed by atoms with E-state index in [0.717, 1.165) is 22.6 Å². The van der Waals surface area contributed by atoms with Crippen molar-refractivity contribution in [1.82, 2.24) is 24.5 Å². The minimum Gasteiger partial charge on any atom is -0.381 e. The zero-order chi connectivity index (χ0) is 22.9. The molecule has 0 saturated carbocycles. The lowest BCUT2D eigenvalue weighted by Gasteiger charge is -2.13. The molecular weight excluding hydrogens is 412 g/mol. The van der Waals surface area contributed by atoms with E-state index in [1.165, 1.54) is 10.1 Å². The molecule has 162 valence electrons. The summed E-state index contributed by atoms with van der Waals surface area (Å²) in [5.41, 5.74) is 12.0. The van der Waals surface area contributed by atoms with Gasteiger partial charge in [0.15, 0.2) is 17.2 Å². The van der Waals surface area contributed by atoms with Crippen LogP contribution in [0.1, 0.15) is 35.3 Å². The quantitative estimate of drug-likeness (QED) is 0.380. The number of fused-ring (bicyclic) bond motifs is 2. The maximum atomic E-state index is 13.3. The van der Waals surface area contributed by atoms with E-state index in [1.54, 1.807) is 18.5 Å². The van der Waals surface area contributed by atoms with E-state index in [0.29, 0.717) is 12.1 Å². The molecule has 0 aliphatic carbocycles. The largest absolute Gasteiger partial charge is 0.381 e. The zero-order valence-corrected chi connectivity index (χ0v) is 18.4. The second kappa shape index (κ2) is 8.24. The van der Waals surface area contributed by atoms with Gasteiger partial charge in [-0.3, -0.25) is 4.79 Å². The average Bonchev–Trinajstić information content (AvgIpc) is 3.38. The number of hydrogen-bond acceptors (Lipinski definition) is 4. The van der Waals surface area contributed by atoms with Crippen LogP contribution in [-0.2, 0) is 6.42 Å². The molecule has 0 bridgehead atoms. The Morgan fingerprint density at radius 1 is 1.18 bits per heavy atom. The summed E-state index contributed by atoms with van der Waals surface area (Å²) in [6.07, 6.45) is 4.04. The summed E-state index contributed by atoms with van der Waals surface area (Å²) >= 11 is 0. The molecule has 7 nitrogen and oxygen atoms in total. The Hall–Kier alpha value is -4.44. The fourth-order valence-corrected chi connectivity index (χ4v) is 4.34. The molecule has 1 aliphatic heterocycles. The topological polar surface area (TPSA) is 88.3 Å². The first-order chi connectivity index (χ1) is 16.1. The van der Waals surface area contributed by atoms with Gasteiger partial charge in [-0.15, -0.1) is 11.0 Å². The molecule has 1 aliphatic rings. The number of carbonyl (C=O) groups is 1. The van der Waals surface area contributed by atoms with Gasteiger partial charge >= 0.3 is 0 Å². The van der Waals surface area contributed by atoms with Gasteiger partial charge in [0.2, 0.25) is 11.4 Å². The molecule has 33 heavy (non-hydrogen) atoms. The Morgan fingerprint density at radius 2 is 2.00 bits per heavy atom. The fraction of sp³-hybridized carbons (Fsp3) is 0.154. The van der Waals surface area contributed by atoms with Crippen LogP contribution in [0, 0.1) is 11.8 Å². The minimum atomic E-state index is -0.307. The Bertz CT molecular complexity index is 1470. The SMILES string of the molecule is CC#Cc1cccc2c1[N+](c1ccccc1)=C([C@@H](C)NC(=O)c1c(N)nn3cccnc13)C2. The van der Waals surface area contributed by atoms with Gasteiger partial charge in [-0.25, -0.2) is 9.50 Å². The summed E-state index contributed by atoms with van der Waals surface area (Å²) in [5.74, 6) is 6.09. The lowest BCUT2D eigenvalue weighted by molar-refractivity contribution is 0.0951. The number of nitrogens with one attached hydrogen (secondary N) is 1. The summed E-state index contributed by atoms with van der Waals surface area (Å²) in [5, 5.41) is 7.32. The van der Waals surface area contributed by atoms with Crippen LogP contribution in [0.25, 0.3) is 5.65 Å². The van der Waals surface area contributed by atoms with Gasteiger partial charge in [0.25, 0.3) is 5.91 Å². The highest BCUT2D eigenvalue weighted by molar-refractivity contribution is 6.08. The molecule has 0 saturated heterocycles. The number of nitrogens with two attached hydrogens (primary N) is 1. The van der Waals surface area contributed by atoms with E-state index in [2.05, 4.69) is 50.0 Å². The molecule has 4 aromatic rings. The van der Waals surface area contributed by atoms with Crippen LogP contribution in [0.4, 0.5) is 17.2 Å². The van der Waals surface area contributed by atoms with Crippen LogP contribution < -0.4 is 15.6 Å². The normalized spacial score (nSPS) is 13.4. The van der Waals surface area contributed by atoms with Crippen LogP contribution in [0.5, 0.6) is 0 Å². The third-order valence-electron chi connectivity index (χ3n) is 5.77. The lowest BCUT2D eigenvalue weighted by Crippen LogP contribution is -2.41. The number of aromatic nitrogens is 3. The first-order valence-electron chi connectivity index (χ1n) is 10.7. The van der Waals surface area contributed by atoms with Crippen LogP contribution in [0.15, 0.2) is 67.0 Å². The molecule has 0 unspecified atom stereocenters. The molecule has 3 heterocycles. The van der Waals surface area contributed by atoms with Crippen LogP contribution in [0.2, 0.25) is 0 Å². The highest BCUT2D eigenvalue weighted by Gasteiger charge is 2.37. The summed E-state index contributed by atoms with van der Waals surface area (Å²) in [7, 11) is 0. The molecule has 7 heteroatoms. The number of benzene rings is 2. The maximum Gasteiger partial charge on any atom is 0.259 e. The first kappa shape index (κ1) is 20.5. The zero-order valence-electron chi connectivity index (χ0n) is 18.4. The molecular formula is C26H23N6O+. The molecule has 2 aromatic carbocycles. The second-order valence-corrected chi connectivity index (χ2v) is 7.87. The Morgan fingerprint density at radius 3 is 2.79 bits per heavy atom. The van der Waals surface area contributed by atoms with Gasteiger partial charge in [0.1, 0.15) is 11.6 Å². The van der Waals surface area contributed by atoms with Crippen molar-refractivity contribution in [1.29, 1.82) is 0 Å². The molecule has 1 atom stereocenters. The number of hydrogen-bond donors (Lipinski definition) is 2. The Kier molecular flexibility index (Phi) is 5.11. The van der Waals surface area contributed by atoms with E-state index in [9.17, 15) is 4.79 Å². The second-order valence-electron chi connectivity index (χ2n) is 7.87. The number of carbonyl (C=O) groups excluding carboxylic acids is 1. The number of anilines is 1. The standard InChI is InChI=1S/C26H22N6O/c1-3-9-18-10-7-11-19-16-21(32(23(18)19)20-12-5-4-6-13-20)17(2)29-26(33)22-24(27)30-31-15-8-14-28-25(22)31/h4-8,10-15,17H,16H2,1-2H3,(H2-,27,29,30,33)/p+1/t17-/m1/s1. The first-order valence-corrected chi connectivity index (χ1v) is 10.7. The third-order valence-corrected chi connectivity index (χ3v) is 5.77. The number of nitrogen functional groups attached to an aromatic ring is 1. The van der Waals surface area contributed by atoms with Crippen molar-refractivity contribution in [2.24, 2.45) is 0 Å². The molecule has 0 fully saturated rings. The van der Waals surface area contributed by atoms with Crippen molar-refractivity contribution >= 4 is 34.5 Å². The van der Waals surface area contributed by atoms with Gasteiger partial charge in [-0.1, -0.05) is 36.3 Å². The van der Waals surface area contributed by atoms with E-state index in [4.69, 9.17) is 5.73 Å². The lowest BCUT2D eigenvalue weighted by atomic mass is 10.0. The average molecular weight is 436 g/mol. The number of nitrogens with zero attached hydrogens (tertiary/aromatic N) is 4. The summed E-state index contributed by atoms with van der Waals surface area (Å²) in [6, 6.07) is 17.8. The smallest absolute Gasteiger partial charge is 0.259 e. The highest BCUT2D eigenvalue weighted by atomic mass is 16.1.